The molecule has 0 aliphatic heterocycles. The van der Waals surface area contributed by atoms with Crippen molar-refractivity contribution in [1.29, 1.82) is 0 Å². The fourth-order valence-corrected chi connectivity index (χ4v) is 2.68. The highest BCUT2D eigenvalue weighted by Gasteiger charge is 2.27. The molecule has 9 heteroatoms. The van der Waals surface area contributed by atoms with E-state index < -0.39 is 22.9 Å². The van der Waals surface area contributed by atoms with Gasteiger partial charge in [-0.3, -0.25) is 14.9 Å². The molecular weight excluding hydrogens is 398 g/mol. The predicted octanol–water partition coefficient (Wildman–Crippen LogP) is 4.18. The summed E-state index contributed by atoms with van der Waals surface area (Å²) in [6.45, 7) is 0. The SMILES string of the molecule is O=C(O[C@H](C(=O)Nc1ccc(Cl)c([N+](=O)[O-])c1)c1ccccc1)c1ccccn1. The highest BCUT2D eigenvalue weighted by molar-refractivity contribution is 6.32. The number of hydrogen-bond donors (Lipinski definition) is 1. The summed E-state index contributed by atoms with van der Waals surface area (Å²) in [5.41, 5.74) is 0.258. The standard InChI is InChI=1S/C20H14ClN3O5/c21-15-10-9-14(12-17(15)24(27)28)23-19(25)18(13-6-2-1-3-7-13)29-20(26)16-8-4-5-11-22-16/h1-12,18H,(H,23,25)/t18-/m0/s1. The first-order chi connectivity index (χ1) is 14.0. The number of hydrogen-bond acceptors (Lipinski definition) is 6. The van der Waals surface area contributed by atoms with Gasteiger partial charge < -0.3 is 10.1 Å². The second-order valence-electron chi connectivity index (χ2n) is 5.82. The van der Waals surface area contributed by atoms with Gasteiger partial charge in [0.2, 0.25) is 6.10 Å². The van der Waals surface area contributed by atoms with Crippen LogP contribution in [0.1, 0.15) is 22.2 Å². The van der Waals surface area contributed by atoms with Crippen molar-refractivity contribution in [3.05, 3.63) is 99.3 Å². The summed E-state index contributed by atoms with van der Waals surface area (Å²) in [5.74, 6) is -1.46. The number of pyridine rings is 1. The van der Waals surface area contributed by atoms with Crippen LogP contribution in [0.3, 0.4) is 0 Å². The maximum Gasteiger partial charge on any atom is 0.358 e. The van der Waals surface area contributed by atoms with Crippen molar-refractivity contribution in [2.75, 3.05) is 5.32 Å². The van der Waals surface area contributed by atoms with E-state index in [9.17, 15) is 19.7 Å². The number of rotatable bonds is 6. The zero-order valence-electron chi connectivity index (χ0n) is 14.8. The van der Waals surface area contributed by atoms with Gasteiger partial charge in [-0.1, -0.05) is 48.0 Å². The fraction of sp³-hybridized carbons (Fsp3) is 0.0500. The molecule has 1 atom stereocenters. The molecule has 0 unspecified atom stereocenters. The number of aromatic nitrogens is 1. The van der Waals surface area contributed by atoms with Crippen LogP contribution in [0.2, 0.25) is 5.02 Å². The molecule has 1 N–H and O–H groups in total. The number of nitro benzene ring substituents is 1. The Morgan fingerprint density at radius 1 is 1.07 bits per heavy atom. The van der Waals surface area contributed by atoms with Crippen LogP contribution < -0.4 is 5.32 Å². The molecule has 2 aromatic carbocycles. The first kappa shape index (κ1) is 20.0. The summed E-state index contributed by atoms with van der Waals surface area (Å²) < 4.78 is 5.38. The number of nitrogens with one attached hydrogen (secondary N) is 1. The molecule has 1 amide bonds. The van der Waals surface area contributed by atoms with E-state index in [1.165, 1.54) is 24.4 Å². The van der Waals surface area contributed by atoms with Crippen LogP contribution in [0.5, 0.6) is 0 Å². The van der Waals surface area contributed by atoms with Crippen LogP contribution in [-0.4, -0.2) is 21.8 Å². The molecule has 29 heavy (non-hydrogen) atoms. The summed E-state index contributed by atoms with van der Waals surface area (Å²) in [6.07, 6.45) is 0.140. The Balaban J connectivity index is 1.86. The zero-order chi connectivity index (χ0) is 20.8. The maximum absolute atomic E-state index is 12.8. The Morgan fingerprint density at radius 2 is 1.79 bits per heavy atom. The molecule has 3 aromatic rings. The number of halogens is 1. The Morgan fingerprint density at radius 3 is 2.45 bits per heavy atom. The Hall–Kier alpha value is -3.78. The van der Waals surface area contributed by atoms with Crippen LogP contribution in [0.15, 0.2) is 72.9 Å². The molecule has 0 aliphatic rings. The lowest BCUT2D eigenvalue weighted by Gasteiger charge is -2.18. The molecule has 0 fully saturated rings. The molecular formula is C20H14ClN3O5. The van der Waals surface area contributed by atoms with Crippen LogP contribution in [0.25, 0.3) is 0 Å². The summed E-state index contributed by atoms with van der Waals surface area (Å²) in [5, 5.41) is 13.5. The molecule has 3 rings (SSSR count). The van der Waals surface area contributed by atoms with Gasteiger partial charge in [0.05, 0.1) is 4.92 Å². The number of ether oxygens (including phenoxy) is 1. The highest BCUT2D eigenvalue weighted by Crippen LogP contribution is 2.28. The topological polar surface area (TPSA) is 111 Å². The van der Waals surface area contributed by atoms with Gasteiger partial charge in [0.1, 0.15) is 10.7 Å². The number of amides is 1. The fourth-order valence-electron chi connectivity index (χ4n) is 2.49. The minimum Gasteiger partial charge on any atom is -0.443 e. The summed E-state index contributed by atoms with van der Waals surface area (Å²) in [7, 11) is 0. The number of benzene rings is 2. The first-order valence-electron chi connectivity index (χ1n) is 8.37. The first-order valence-corrected chi connectivity index (χ1v) is 8.75. The number of nitro groups is 1. The van der Waals surface area contributed by atoms with Gasteiger partial charge in [-0.2, -0.15) is 0 Å². The smallest absolute Gasteiger partial charge is 0.358 e. The largest absolute Gasteiger partial charge is 0.443 e. The molecule has 1 heterocycles. The van der Waals surface area contributed by atoms with E-state index in [1.54, 1.807) is 42.5 Å². The lowest BCUT2D eigenvalue weighted by Crippen LogP contribution is -2.26. The third-order valence-electron chi connectivity index (χ3n) is 3.85. The van der Waals surface area contributed by atoms with Gasteiger partial charge in [-0.05, 0) is 24.3 Å². The second kappa shape index (κ2) is 8.94. The number of nitrogens with zero attached hydrogens (tertiary/aromatic N) is 2. The van der Waals surface area contributed by atoms with E-state index in [4.69, 9.17) is 16.3 Å². The van der Waals surface area contributed by atoms with Crippen molar-refractivity contribution < 1.29 is 19.2 Å². The van der Waals surface area contributed by atoms with Crippen molar-refractivity contribution in [2.45, 2.75) is 6.10 Å². The summed E-state index contributed by atoms with van der Waals surface area (Å²) >= 11 is 5.79. The number of esters is 1. The third kappa shape index (κ3) is 4.94. The molecule has 0 saturated carbocycles. The molecule has 1 aromatic heterocycles. The molecule has 146 valence electrons. The Bertz CT molecular complexity index is 1040. The third-order valence-corrected chi connectivity index (χ3v) is 4.17. The monoisotopic (exact) mass is 411 g/mol. The van der Waals surface area contributed by atoms with Crippen molar-refractivity contribution in [2.24, 2.45) is 0 Å². The summed E-state index contributed by atoms with van der Waals surface area (Å²) in [6, 6.07) is 17.0. The van der Waals surface area contributed by atoms with E-state index in [0.717, 1.165) is 6.07 Å². The van der Waals surface area contributed by atoms with Gasteiger partial charge in [-0.15, -0.1) is 0 Å². The van der Waals surface area contributed by atoms with Crippen LogP contribution in [0.4, 0.5) is 11.4 Å². The number of carbonyl (C=O) groups excluding carboxylic acids is 2. The van der Waals surface area contributed by atoms with Gasteiger partial charge in [-0.25, -0.2) is 9.78 Å². The van der Waals surface area contributed by atoms with Gasteiger partial charge in [0.25, 0.3) is 11.6 Å². The average molecular weight is 412 g/mol. The number of anilines is 1. The Kier molecular flexibility index (Phi) is 6.16. The quantitative estimate of drug-likeness (QED) is 0.370. The minimum atomic E-state index is -1.29. The van der Waals surface area contributed by atoms with Crippen LogP contribution in [0, 0.1) is 10.1 Å². The van der Waals surface area contributed by atoms with Gasteiger partial charge in [0, 0.05) is 23.5 Å². The van der Waals surface area contributed by atoms with Gasteiger partial charge >= 0.3 is 5.97 Å². The van der Waals surface area contributed by atoms with Crippen LogP contribution >= 0.6 is 11.6 Å². The normalized spacial score (nSPS) is 11.3. The van der Waals surface area contributed by atoms with Gasteiger partial charge in [0.15, 0.2) is 0 Å². The lowest BCUT2D eigenvalue weighted by molar-refractivity contribution is -0.384. The van der Waals surface area contributed by atoms with Crippen LogP contribution in [-0.2, 0) is 9.53 Å². The van der Waals surface area contributed by atoms with E-state index in [-0.39, 0.29) is 22.1 Å². The van der Waals surface area contributed by atoms with Crippen molar-refractivity contribution >= 4 is 34.9 Å². The van der Waals surface area contributed by atoms with Crippen molar-refractivity contribution in [3.8, 4) is 0 Å². The lowest BCUT2D eigenvalue weighted by atomic mass is 10.1. The maximum atomic E-state index is 12.8. The van der Waals surface area contributed by atoms with E-state index in [0.29, 0.717) is 5.56 Å². The highest BCUT2D eigenvalue weighted by atomic mass is 35.5. The molecule has 0 saturated heterocycles. The summed E-state index contributed by atoms with van der Waals surface area (Å²) in [4.78, 5) is 39.5. The Labute approximate surface area is 170 Å². The van der Waals surface area contributed by atoms with E-state index >= 15 is 0 Å². The molecule has 0 spiro atoms. The van der Waals surface area contributed by atoms with E-state index in [2.05, 4.69) is 10.3 Å². The molecule has 0 aliphatic carbocycles. The minimum absolute atomic E-state index is 0.0448. The van der Waals surface area contributed by atoms with E-state index in [1.807, 2.05) is 0 Å². The average Bonchev–Trinajstić information content (AvgIpc) is 2.74. The molecule has 0 radical (unpaired) electrons. The van der Waals surface area contributed by atoms with Crippen molar-refractivity contribution in [1.82, 2.24) is 4.98 Å². The predicted molar refractivity (Wildman–Crippen MR) is 106 cm³/mol. The molecule has 0 bridgehead atoms. The zero-order valence-corrected chi connectivity index (χ0v) is 15.6. The second-order valence-corrected chi connectivity index (χ2v) is 6.23. The number of carbonyl (C=O) groups is 2. The molecule has 8 nitrogen and oxygen atoms in total. The van der Waals surface area contributed by atoms with Crippen molar-refractivity contribution in [3.63, 3.8) is 0 Å².